The Bertz CT molecular complexity index is 971. The van der Waals surface area contributed by atoms with Crippen molar-refractivity contribution in [3.05, 3.63) is 40.5 Å². The summed E-state index contributed by atoms with van der Waals surface area (Å²) in [5.41, 5.74) is 0.790. The van der Waals surface area contributed by atoms with Crippen molar-refractivity contribution in [2.75, 3.05) is 11.9 Å². The van der Waals surface area contributed by atoms with Gasteiger partial charge in [-0.1, -0.05) is 6.92 Å². The number of carbonyl (C=O) groups is 2. The molecule has 1 aromatic heterocycles. The SMILES string of the molecule is CCc1[nH]nc(C(=O)NC2COc3cc(C)cc(F)c3NC2=O)c1CCC(F)(F)F. The first-order chi connectivity index (χ1) is 14.1. The average molecular weight is 428 g/mol. The van der Waals surface area contributed by atoms with Gasteiger partial charge in [0.1, 0.15) is 24.1 Å². The van der Waals surface area contributed by atoms with E-state index in [0.29, 0.717) is 17.7 Å². The van der Waals surface area contributed by atoms with Gasteiger partial charge in [-0.25, -0.2) is 4.39 Å². The maximum Gasteiger partial charge on any atom is 0.389 e. The summed E-state index contributed by atoms with van der Waals surface area (Å²) < 4.78 is 57.5. The first-order valence-corrected chi connectivity index (χ1v) is 9.26. The predicted molar refractivity (Wildman–Crippen MR) is 98.9 cm³/mol. The van der Waals surface area contributed by atoms with Crippen LogP contribution >= 0.6 is 0 Å². The van der Waals surface area contributed by atoms with E-state index in [1.165, 1.54) is 6.07 Å². The molecule has 11 heteroatoms. The Labute approximate surface area is 169 Å². The lowest BCUT2D eigenvalue weighted by Gasteiger charge is -2.15. The number of hydrogen-bond acceptors (Lipinski definition) is 4. The Morgan fingerprint density at radius 3 is 2.77 bits per heavy atom. The van der Waals surface area contributed by atoms with Crippen molar-refractivity contribution in [2.45, 2.75) is 45.3 Å². The van der Waals surface area contributed by atoms with Gasteiger partial charge >= 0.3 is 6.18 Å². The van der Waals surface area contributed by atoms with Gasteiger partial charge < -0.3 is 15.4 Å². The van der Waals surface area contributed by atoms with Crippen molar-refractivity contribution in [1.82, 2.24) is 15.5 Å². The molecule has 2 aromatic rings. The number of aromatic nitrogens is 2. The van der Waals surface area contributed by atoms with Gasteiger partial charge in [0.15, 0.2) is 11.5 Å². The van der Waals surface area contributed by atoms with Gasteiger partial charge in [-0.15, -0.1) is 0 Å². The number of carbonyl (C=O) groups excluding carboxylic acids is 2. The molecule has 0 radical (unpaired) electrons. The third kappa shape index (κ3) is 4.71. The van der Waals surface area contributed by atoms with Crippen molar-refractivity contribution in [1.29, 1.82) is 0 Å². The fraction of sp³-hybridized carbons (Fsp3) is 0.421. The number of nitrogens with one attached hydrogen (secondary N) is 3. The topological polar surface area (TPSA) is 96.1 Å². The van der Waals surface area contributed by atoms with Crippen LogP contribution in [-0.4, -0.2) is 40.8 Å². The highest BCUT2D eigenvalue weighted by Gasteiger charge is 2.32. The highest BCUT2D eigenvalue weighted by molar-refractivity contribution is 6.02. The molecular formula is C19H20F4N4O3. The molecule has 0 spiro atoms. The molecule has 0 saturated heterocycles. The molecule has 3 rings (SSSR count). The number of amides is 2. The van der Waals surface area contributed by atoms with Crippen molar-refractivity contribution in [3.8, 4) is 5.75 Å². The molecule has 0 saturated carbocycles. The number of aryl methyl sites for hydroxylation is 2. The van der Waals surface area contributed by atoms with Crippen molar-refractivity contribution >= 4 is 17.5 Å². The summed E-state index contributed by atoms with van der Waals surface area (Å²) in [6.45, 7) is 3.09. The van der Waals surface area contributed by atoms with Crippen LogP contribution in [0.3, 0.4) is 0 Å². The first-order valence-electron chi connectivity index (χ1n) is 9.26. The van der Waals surface area contributed by atoms with Gasteiger partial charge in [-0.2, -0.15) is 18.3 Å². The zero-order valence-electron chi connectivity index (χ0n) is 16.2. The van der Waals surface area contributed by atoms with Gasteiger partial charge in [-0.3, -0.25) is 14.7 Å². The summed E-state index contributed by atoms with van der Waals surface area (Å²) in [5.74, 6) is -2.10. The Morgan fingerprint density at radius 1 is 1.37 bits per heavy atom. The summed E-state index contributed by atoms with van der Waals surface area (Å²) in [6.07, 6.45) is -5.57. The lowest BCUT2D eigenvalue weighted by molar-refractivity contribution is -0.134. The van der Waals surface area contributed by atoms with Gasteiger partial charge in [0.2, 0.25) is 0 Å². The van der Waals surface area contributed by atoms with Crippen LogP contribution in [0, 0.1) is 12.7 Å². The van der Waals surface area contributed by atoms with E-state index in [2.05, 4.69) is 20.8 Å². The molecule has 2 amide bonds. The van der Waals surface area contributed by atoms with E-state index in [-0.39, 0.29) is 29.3 Å². The maximum atomic E-state index is 14.1. The highest BCUT2D eigenvalue weighted by Crippen LogP contribution is 2.31. The smallest absolute Gasteiger partial charge is 0.389 e. The first kappa shape index (κ1) is 21.6. The molecule has 1 aliphatic heterocycles. The minimum atomic E-state index is -4.39. The number of anilines is 1. The minimum Gasteiger partial charge on any atom is -0.489 e. The lowest BCUT2D eigenvalue weighted by atomic mass is 10.0. The van der Waals surface area contributed by atoms with Crippen LogP contribution in [0.1, 0.15) is 40.7 Å². The number of aromatic amines is 1. The monoisotopic (exact) mass is 428 g/mol. The zero-order valence-corrected chi connectivity index (χ0v) is 16.2. The molecule has 0 fully saturated rings. The Hall–Kier alpha value is -3.11. The van der Waals surface area contributed by atoms with E-state index in [0.717, 1.165) is 0 Å². The molecule has 1 aromatic carbocycles. The number of hydrogen-bond donors (Lipinski definition) is 3. The molecular weight excluding hydrogens is 408 g/mol. The predicted octanol–water partition coefficient (Wildman–Crippen LogP) is 3.04. The van der Waals surface area contributed by atoms with E-state index in [1.54, 1.807) is 19.9 Å². The Kier molecular flexibility index (Phi) is 5.99. The van der Waals surface area contributed by atoms with E-state index < -0.39 is 42.7 Å². The van der Waals surface area contributed by atoms with Gasteiger partial charge in [0, 0.05) is 17.7 Å². The summed E-state index contributed by atoms with van der Waals surface area (Å²) in [6, 6.07) is 1.57. The average Bonchev–Trinajstić information content (AvgIpc) is 3.01. The van der Waals surface area contributed by atoms with Crippen molar-refractivity contribution < 1.29 is 31.9 Å². The van der Waals surface area contributed by atoms with E-state index in [1.807, 2.05) is 0 Å². The fourth-order valence-corrected chi connectivity index (χ4v) is 3.16. The second-order valence-corrected chi connectivity index (χ2v) is 6.94. The molecule has 30 heavy (non-hydrogen) atoms. The molecule has 1 unspecified atom stereocenters. The Balaban J connectivity index is 1.77. The normalized spacial score (nSPS) is 16.3. The largest absolute Gasteiger partial charge is 0.489 e. The molecule has 162 valence electrons. The summed E-state index contributed by atoms with van der Waals surface area (Å²) >= 11 is 0. The van der Waals surface area contributed by atoms with Crippen LogP contribution in [-0.2, 0) is 17.6 Å². The molecule has 0 aliphatic carbocycles. The minimum absolute atomic E-state index is 0.122. The number of nitrogens with zero attached hydrogens (tertiary/aromatic N) is 1. The number of fused-ring (bicyclic) bond motifs is 1. The molecule has 2 heterocycles. The number of H-pyrrole nitrogens is 1. The Morgan fingerprint density at radius 2 is 2.10 bits per heavy atom. The molecule has 1 aliphatic rings. The lowest BCUT2D eigenvalue weighted by Crippen LogP contribution is -2.46. The number of halogens is 4. The second kappa shape index (κ2) is 8.33. The number of ether oxygens (including phenoxy) is 1. The van der Waals surface area contributed by atoms with Crippen LogP contribution in [0.25, 0.3) is 0 Å². The second-order valence-electron chi connectivity index (χ2n) is 6.94. The molecule has 3 N–H and O–H groups in total. The van der Waals surface area contributed by atoms with Crippen LogP contribution in [0.15, 0.2) is 12.1 Å². The summed E-state index contributed by atoms with van der Waals surface area (Å²) in [4.78, 5) is 25.1. The van der Waals surface area contributed by atoms with Gasteiger partial charge in [0.25, 0.3) is 11.8 Å². The molecule has 7 nitrogen and oxygen atoms in total. The zero-order chi connectivity index (χ0) is 22.1. The van der Waals surface area contributed by atoms with Crippen molar-refractivity contribution in [2.24, 2.45) is 0 Å². The summed E-state index contributed by atoms with van der Waals surface area (Å²) in [5, 5.41) is 11.2. The van der Waals surface area contributed by atoms with Crippen molar-refractivity contribution in [3.63, 3.8) is 0 Å². The number of benzene rings is 1. The maximum absolute atomic E-state index is 14.1. The quantitative estimate of drug-likeness (QED) is 0.638. The number of alkyl halides is 3. The van der Waals surface area contributed by atoms with Crippen LogP contribution in [0.2, 0.25) is 0 Å². The standard InChI is InChI=1S/C19H20F4N4O3/c1-3-12-10(4-5-19(21,22)23)15(27-26-12)18(29)24-13-8-30-14-7-9(2)6-11(20)16(14)25-17(13)28/h6-7,13H,3-5,8H2,1-2H3,(H,24,29)(H,25,28)(H,26,27). The number of rotatable bonds is 5. The molecule has 0 bridgehead atoms. The van der Waals surface area contributed by atoms with Gasteiger partial charge in [-0.05, 0) is 37.5 Å². The highest BCUT2D eigenvalue weighted by atomic mass is 19.4. The third-order valence-electron chi connectivity index (χ3n) is 4.65. The fourth-order valence-electron chi connectivity index (χ4n) is 3.16. The van der Waals surface area contributed by atoms with Crippen LogP contribution < -0.4 is 15.4 Å². The summed E-state index contributed by atoms with van der Waals surface area (Å²) in [7, 11) is 0. The van der Waals surface area contributed by atoms with Crippen LogP contribution in [0.5, 0.6) is 5.75 Å². The van der Waals surface area contributed by atoms with Gasteiger partial charge in [0.05, 0.1) is 0 Å². The third-order valence-corrected chi connectivity index (χ3v) is 4.65. The van der Waals surface area contributed by atoms with Crippen LogP contribution in [0.4, 0.5) is 23.2 Å². The van der Waals surface area contributed by atoms with E-state index >= 15 is 0 Å². The van der Waals surface area contributed by atoms with E-state index in [4.69, 9.17) is 4.74 Å². The molecule has 1 atom stereocenters. The van der Waals surface area contributed by atoms with E-state index in [9.17, 15) is 27.2 Å².